The summed E-state index contributed by atoms with van der Waals surface area (Å²) >= 11 is 0. The minimum Gasteiger partial charge on any atom is -0.171 e. The highest BCUT2D eigenvalue weighted by molar-refractivity contribution is 5.14. The molecule has 0 aromatic rings. The van der Waals surface area contributed by atoms with Gasteiger partial charge in [-0.3, -0.25) is 0 Å². The van der Waals surface area contributed by atoms with Crippen LogP contribution in [0, 0.1) is 0 Å². The normalized spacial score (nSPS) is 12.4. The molecule has 0 rings (SSSR count). The molecule has 0 heterocycles. The smallest absolute Gasteiger partial charge is 0.171 e. The van der Waals surface area contributed by atoms with Crippen LogP contribution in [0.25, 0.3) is 0 Å². The summed E-state index contributed by atoms with van der Waals surface area (Å²) in [5.74, 6) is 0. The maximum Gasteiger partial charge on any atom is 0.393 e. The van der Waals surface area contributed by atoms with Gasteiger partial charge >= 0.3 is 6.18 Å². The van der Waals surface area contributed by atoms with Gasteiger partial charge in [-0.2, -0.15) is 13.2 Å². The van der Waals surface area contributed by atoms with E-state index < -0.39 is 12.6 Å². The molecule has 0 nitrogen and oxygen atoms in total. The first-order valence-corrected chi connectivity index (χ1v) is 3.36. The molecule has 0 aliphatic heterocycles. The van der Waals surface area contributed by atoms with Crippen molar-refractivity contribution in [3.05, 3.63) is 24.3 Å². The van der Waals surface area contributed by atoms with Crippen LogP contribution in [0.2, 0.25) is 0 Å². The van der Waals surface area contributed by atoms with Gasteiger partial charge in [-0.15, -0.1) is 0 Å². The number of rotatable bonds is 3. The Kier molecular flexibility index (Phi) is 3.93. The largest absolute Gasteiger partial charge is 0.393 e. The first-order chi connectivity index (χ1) is 4.95. The molecule has 0 spiro atoms. The average molecular weight is 164 g/mol. The third kappa shape index (κ3) is 7.16. The second-order valence-electron chi connectivity index (χ2n) is 2.26. The van der Waals surface area contributed by atoms with Crippen LogP contribution >= 0.6 is 0 Å². The Hall–Kier alpha value is -0.730. The second-order valence-corrected chi connectivity index (χ2v) is 2.26. The molecule has 0 saturated carbocycles. The number of hydrogen-bond donors (Lipinski definition) is 0. The molecule has 0 amide bonds. The van der Waals surface area contributed by atoms with Crippen molar-refractivity contribution in [1.82, 2.24) is 0 Å². The summed E-state index contributed by atoms with van der Waals surface area (Å²) in [5, 5.41) is 0. The Bertz CT molecular complexity index is 153. The Morgan fingerprint density at radius 3 is 2.36 bits per heavy atom. The predicted molar refractivity (Wildman–Crippen MR) is 39.2 cm³/mol. The van der Waals surface area contributed by atoms with Gasteiger partial charge in [0, 0.05) is 0 Å². The van der Waals surface area contributed by atoms with Crippen molar-refractivity contribution in [2.45, 2.75) is 25.9 Å². The first-order valence-electron chi connectivity index (χ1n) is 3.36. The SMILES string of the molecule is C=C(/C=C/CC)CC(F)(F)F. The van der Waals surface area contributed by atoms with Gasteiger partial charge in [0.05, 0.1) is 6.42 Å². The van der Waals surface area contributed by atoms with Crippen LogP contribution in [0.3, 0.4) is 0 Å². The zero-order valence-electron chi connectivity index (χ0n) is 6.41. The molecular formula is C8H11F3. The van der Waals surface area contributed by atoms with E-state index >= 15 is 0 Å². The van der Waals surface area contributed by atoms with Crippen LogP contribution in [0.15, 0.2) is 24.3 Å². The molecule has 0 atom stereocenters. The zero-order valence-corrected chi connectivity index (χ0v) is 6.41. The summed E-state index contributed by atoms with van der Waals surface area (Å²) in [6, 6.07) is 0. The monoisotopic (exact) mass is 164 g/mol. The zero-order chi connectivity index (χ0) is 8.91. The maximum atomic E-state index is 11.6. The molecule has 0 unspecified atom stereocenters. The van der Waals surface area contributed by atoms with Crippen LogP contribution in [0.4, 0.5) is 13.2 Å². The minimum atomic E-state index is -4.13. The third-order valence-corrected chi connectivity index (χ3v) is 1.02. The summed E-state index contributed by atoms with van der Waals surface area (Å²) in [6.07, 6.45) is -1.24. The van der Waals surface area contributed by atoms with E-state index in [0.29, 0.717) is 0 Å². The molecule has 0 aliphatic rings. The fourth-order valence-corrected chi connectivity index (χ4v) is 0.601. The van der Waals surface area contributed by atoms with Gasteiger partial charge in [-0.05, 0) is 12.0 Å². The van der Waals surface area contributed by atoms with E-state index in [2.05, 4.69) is 6.58 Å². The lowest BCUT2D eigenvalue weighted by Gasteiger charge is -2.04. The first kappa shape index (κ1) is 10.3. The topological polar surface area (TPSA) is 0 Å². The molecule has 0 N–H and O–H groups in total. The van der Waals surface area contributed by atoms with E-state index in [0.717, 1.165) is 6.42 Å². The fraction of sp³-hybridized carbons (Fsp3) is 0.500. The van der Waals surface area contributed by atoms with Crippen molar-refractivity contribution >= 4 is 0 Å². The molecule has 0 aliphatic carbocycles. The van der Waals surface area contributed by atoms with Crippen molar-refractivity contribution in [2.24, 2.45) is 0 Å². The molecule has 0 aromatic heterocycles. The number of hydrogen-bond acceptors (Lipinski definition) is 0. The van der Waals surface area contributed by atoms with Crippen LogP contribution in [0.1, 0.15) is 19.8 Å². The van der Waals surface area contributed by atoms with E-state index in [1.54, 1.807) is 6.08 Å². The number of allylic oxidation sites excluding steroid dienone is 3. The predicted octanol–water partition coefficient (Wildman–Crippen LogP) is 3.46. The summed E-state index contributed by atoms with van der Waals surface area (Å²) in [5.41, 5.74) is 0.111. The molecule has 0 saturated heterocycles. The molecule has 0 aromatic carbocycles. The highest BCUT2D eigenvalue weighted by atomic mass is 19.4. The summed E-state index contributed by atoms with van der Waals surface area (Å²) < 4.78 is 34.9. The Balaban J connectivity index is 3.80. The van der Waals surface area contributed by atoms with Gasteiger partial charge in [0.15, 0.2) is 0 Å². The molecule has 0 bridgehead atoms. The Labute approximate surface area is 64.4 Å². The molecule has 11 heavy (non-hydrogen) atoms. The minimum absolute atomic E-state index is 0.111. The van der Waals surface area contributed by atoms with Crippen LogP contribution in [-0.4, -0.2) is 6.18 Å². The Morgan fingerprint density at radius 2 is 2.00 bits per heavy atom. The van der Waals surface area contributed by atoms with Crippen molar-refractivity contribution in [3.63, 3.8) is 0 Å². The number of alkyl halides is 3. The molecule has 0 fully saturated rings. The summed E-state index contributed by atoms with van der Waals surface area (Å²) in [6.45, 7) is 5.13. The highest BCUT2D eigenvalue weighted by Crippen LogP contribution is 2.23. The standard InChI is InChI=1S/C8H11F3/c1-3-4-5-7(2)6-8(9,10)11/h4-5H,2-3,6H2,1H3/b5-4+. The van der Waals surface area contributed by atoms with Crippen LogP contribution in [0.5, 0.6) is 0 Å². The van der Waals surface area contributed by atoms with Crippen LogP contribution in [-0.2, 0) is 0 Å². The summed E-state index contributed by atoms with van der Waals surface area (Å²) in [7, 11) is 0. The van der Waals surface area contributed by atoms with Crippen molar-refractivity contribution < 1.29 is 13.2 Å². The molecule has 3 heteroatoms. The van der Waals surface area contributed by atoms with Gasteiger partial charge < -0.3 is 0 Å². The molecule has 0 radical (unpaired) electrons. The van der Waals surface area contributed by atoms with E-state index in [4.69, 9.17) is 0 Å². The van der Waals surface area contributed by atoms with E-state index in [1.165, 1.54) is 6.08 Å². The Morgan fingerprint density at radius 1 is 1.45 bits per heavy atom. The third-order valence-electron chi connectivity index (χ3n) is 1.02. The highest BCUT2D eigenvalue weighted by Gasteiger charge is 2.27. The quantitative estimate of drug-likeness (QED) is 0.560. The average Bonchev–Trinajstić information content (AvgIpc) is 1.79. The van der Waals surface area contributed by atoms with E-state index in [9.17, 15) is 13.2 Å². The van der Waals surface area contributed by atoms with Crippen molar-refractivity contribution in [1.29, 1.82) is 0 Å². The van der Waals surface area contributed by atoms with Crippen LogP contribution < -0.4 is 0 Å². The van der Waals surface area contributed by atoms with Gasteiger partial charge in [0.1, 0.15) is 0 Å². The van der Waals surface area contributed by atoms with Gasteiger partial charge in [-0.25, -0.2) is 0 Å². The van der Waals surface area contributed by atoms with Gasteiger partial charge in [0.2, 0.25) is 0 Å². The van der Waals surface area contributed by atoms with E-state index in [-0.39, 0.29) is 5.57 Å². The van der Waals surface area contributed by atoms with Crippen molar-refractivity contribution in [2.75, 3.05) is 0 Å². The summed E-state index contributed by atoms with van der Waals surface area (Å²) in [4.78, 5) is 0. The lowest BCUT2D eigenvalue weighted by Crippen LogP contribution is -2.06. The lowest BCUT2D eigenvalue weighted by molar-refractivity contribution is -0.126. The van der Waals surface area contributed by atoms with Gasteiger partial charge in [0.25, 0.3) is 0 Å². The second kappa shape index (κ2) is 4.21. The maximum absolute atomic E-state index is 11.6. The van der Waals surface area contributed by atoms with Crippen molar-refractivity contribution in [3.8, 4) is 0 Å². The fourth-order valence-electron chi connectivity index (χ4n) is 0.601. The molecule has 64 valence electrons. The van der Waals surface area contributed by atoms with E-state index in [1.807, 2.05) is 6.92 Å². The van der Waals surface area contributed by atoms with Gasteiger partial charge in [-0.1, -0.05) is 25.7 Å². The molecular weight excluding hydrogens is 153 g/mol. The lowest BCUT2D eigenvalue weighted by atomic mass is 10.2. The number of halogens is 3.